The molecule has 1 heterocycles. The number of nitrogens with one attached hydrogen (secondary N) is 1. The third-order valence-corrected chi connectivity index (χ3v) is 5.01. The fourth-order valence-electron chi connectivity index (χ4n) is 2.31. The maximum absolute atomic E-state index is 12.0. The summed E-state index contributed by atoms with van der Waals surface area (Å²) in [4.78, 5) is 13.3. The highest BCUT2D eigenvalue weighted by molar-refractivity contribution is 7.10. The summed E-state index contributed by atoms with van der Waals surface area (Å²) in [5, 5.41) is 5.10. The molecule has 0 unspecified atom stereocenters. The molecule has 0 spiro atoms. The van der Waals surface area contributed by atoms with Crippen molar-refractivity contribution in [2.75, 3.05) is 14.2 Å². The van der Waals surface area contributed by atoms with Gasteiger partial charge in [0.05, 0.1) is 14.2 Å². The van der Waals surface area contributed by atoms with Gasteiger partial charge in [-0.1, -0.05) is 6.07 Å². The van der Waals surface area contributed by atoms with E-state index in [9.17, 15) is 4.79 Å². The molecule has 0 bridgehead atoms. The molecule has 1 aromatic heterocycles. The van der Waals surface area contributed by atoms with E-state index in [1.165, 1.54) is 16.0 Å². The number of amides is 1. The van der Waals surface area contributed by atoms with Crippen LogP contribution in [0.1, 0.15) is 28.0 Å². The van der Waals surface area contributed by atoms with Crippen molar-refractivity contribution in [1.29, 1.82) is 0 Å². The zero-order valence-electron chi connectivity index (χ0n) is 14.1. The van der Waals surface area contributed by atoms with E-state index in [2.05, 4.69) is 24.5 Å². The van der Waals surface area contributed by atoms with E-state index in [1.807, 2.05) is 18.2 Å². The van der Waals surface area contributed by atoms with Crippen LogP contribution in [-0.2, 0) is 17.8 Å². The van der Waals surface area contributed by atoms with Gasteiger partial charge in [-0.3, -0.25) is 4.79 Å². The minimum atomic E-state index is 0.0584. The van der Waals surface area contributed by atoms with Crippen LogP contribution in [-0.4, -0.2) is 20.1 Å². The summed E-state index contributed by atoms with van der Waals surface area (Å²) in [5.74, 6) is 1.45. The summed E-state index contributed by atoms with van der Waals surface area (Å²) in [6, 6.07) is 5.74. The molecule has 2 aromatic rings. The maximum atomic E-state index is 12.0. The van der Waals surface area contributed by atoms with Crippen LogP contribution in [0, 0.1) is 13.8 Å². The fraction of sp³-hybridized carbons (Fsp3) is 0.389. The first kappa shape index (κ1) is 17.3. The van der Waals surface area contributed by atoms with Gasteiger partial charge in [-0.25, -0.2) is 0 Å². The average Bonchev–Trinajstić information content (AvgIpc) is 2.89. The van der Waals surface area contributed by atoms with E-state index in [-0.39, 0.29) is 5.91 Å². The molecule has 0 fully saturated rings. The summed E-state index contributed by atoms with van der Waals surface area (Å²) in [6.45, 7) is 4.79. The Kier molecular flexibility index (Phi) is 6.04. The second-order valence-electron chi connectivity index (χ2n) is 5.41. The van der Waals surface area contributed by atoms with Gasteiger partial charge in [0.15, 0.2) is 11.5 Å². The van der Waals surface area contributed by atoms with Gasteiger partial charge >= 0.3 is 0 Å². The Bertz CT molecular complexity index is 679. The third kappa shape index (κ3) is 4.48. The SMILES string of the molecule is COc1ccc(CCC(=O)NCc2csc(C)c2C)cc1OC. The third-order valence-electron chi connectivity index (χ3n) is 3.95. The predicted octanol–water partition coefficient (Wildman–Crippen LogP) is 3.63. The normalized spacial score (nSPS) is 10.4. The predicted molar refractivity (Wildman–Crippen MR) is 93.5 cm³/mol. The molecule has 1 aromatic carbocycles. The molecule has 0 saturated carbocycles. The van der Waals surface area contributed by atoms with Crippen LogP contribution >= 0.6 is 11.3 Å². The second kappa shape index (κ2) is 8.02. The lowest BCUT2D eigenvalue weighted by molar-refractivity contribution is -0.121. The van der Waals surface area contributed by atoms with Gasteiger partial charge in [-0.05, 0) is 54.5 Å². The highest BCUT2D eigenvalue weighted by atomic mass is 32.1. The van der Waals surface area contributed by atoms with Gasteiger partial charge < -0.3 is 14.8 Å². The number of carbonyl (C=O) groups excluding carboxylic acids is 1. The molecule has 2 rings (SSSR count). The molecule has 1 amide bonds. The summed E-state index contributed by atoms with van der Waals surface area (Å²) in [5.41, 5.74) is 3.53. The van der Waals surface area contributed by atoms with Crippen molar-refractivity contribution in [2.24, 2.45) is 0 Å². The van der Waals surface area contributed by atoms with Gasteiger partial charge in [-0.2, -0.15) is 0 Å². The van der Waals surface area contributed by atoms with Crippen molar-refractivity contribution in [3.8, 4) is 11.5 Å². The van der Waals surface area contributed by atoms with Gasteiger partial charge in [0.2, 0.25) is 5.91 Å². The molecule has 0 aliphatic heterocycles. The summed E-state index contributed by atoms with van der Waals surface area (Å²) in [7, 11) is 3.22. The molecule has 5 heteroatoms. The highest BCUT2D eigenvalue weighted by Crippen LogP contribution is 2.28. The van der Waals surface area contributed by atoms with Gasteiger partial charge in [0.25, 0.3) is 0 Å². The molecule has 124 valence electrons. The number of rotatable bonds is 7. The maximum Gasteiger partial charge on any atom is 0.220 e. The Morgan fingerprint density at radius 3 is 2.52 bits per heavy atom. The largest absolute Gasteiger partial charge is 0.493 e. The van der Waals surface area contributed by atoms with E-state index >= 15 is 0 Å². The van der Waals surface area contributed by atoms with Crippen LogP contribution in [0.25, 0.3) is 0 Å². The molecule has 0 aliphatic rings. The molecule has 23 heavy (non-hydrogen) atoms. The number of ether oxygens (including phenoxy) is 2. The van der Waals surface area contributed by atoms with E-state index in [4.69, 9.17) is 9.47 Å². The standard InChI is InChI=1S/C18H23NO3S/c1-12-13(2)23-11-15(12)10-19-18(20)8-6-14-5-7-16(21-3)17(9-14)22-4/h5,7,9,11H,6,8,10H2,1-4H3,(H,19,20). The molecular weight excluding hydrogens is 310 g/mol. The molecule has 1 N–H and O–H groups in total. The molecule has 0 atom stereocenters. The van der Waals surface area contributed by atoms with Crippen molar-refractivity contribution in [3.05, 3.63) is 45.1 Å². The lowest BCUT2D eigenvalue weighted by atomic mass is 10.1. The molecule has 4 nitrogen and oxygen atoms in total. The zero-order chi connectivity index (χ0) is 16.8. The number of aryl methyl sites for hydroxylation is 2. The monoisotopic (exact) mass is 333 g/mol. The van der Waals surface area contributed by atoms with Gasteiger partial charge in [0.1, 0.15) is 0 Å². The fourth-order valence-corrected chi connectivity index (χ4v) is 3.20. The lowest BCUT2D eigenvalue weighted by Gasteiger charge is -2.10. The van der Waals surface area contributed by atoms with Crippen LogP contribution in [0.2, 0.25) is 0 Å². The van der Waals surface area contributed by atoms with Crippen molar-refractivity contribution < 1.29 is 14.3 Å². The summed E-state index contributed by atoms with van der Waals surface area (Å²) < 4.78 is 10.5. The van der Waals surface area contributed by atoms with Crippen molar-refractivity contribution in [3.63, 3.8) is 0 Å². The van der Waals surface area contributed by atoms with Crippen LogP contribution < -0.4 is 14.8 Å². The minimum Gasteiger partial charge on any atom is -0.493 e. The number of thiophene rings is 1. The number of methoxy groups -OCH3 is 2. The Balaban J connectivity index is 1.85. The first-order valence-electron chi connectivity index (χ1n) is 7.56. The molecule has 0 radical (unpaired) electrons. The summed E-state index contributed by atoms with van der Waals surface area (Å²) in [6.07, 6.45) is 1.13. The van der Waals surface area contributed by atoms with Crippen molar-refractivity contribution in [2.45, 2.75) is 33.2 Å². The van der Waals surface area contributed by atoms with Crippen LogP contribution in [0.5, 0.6) is 11.5 Å². The quantitative estimate of drug-likeness (QED) is 0.842. The highest BCUT2D eigenvalue weighted by Gasteiger charge is 2.08. The molecule has 0 aliphatic carbocycles. The second-order valence-corrected chi connectivity index (χ2v) is 6.49. The zero-order valence-corrected chi connectivity index (χ0v) is 14.9. The number of hydrogen-bond donors (Lipinski definition) is 1. The topological polar surface area (TPSA) is 47.6 Å². The van der Waals surface area contributed by atoms with Crippen LogP contribution in [0.4, 0.5) is 0 Å². The van der Waals surface area contributed by atoms with E-state index in [0.717, 1.165) is 5.56 Å². The minimum absolute atomic E-state index is 0.0584. The van der Waals surface area contributed by atoms with Crippen molar-refractivity contribution in [1.82, 2.24) is 5.32 Å². The average molecular weight is 333 g/mol. The van der Waals surface area contributed by atoms with Crippen molar-refractivity contribution >= 4 is 17.2 Å². The number of carbonyl (C=O) groups is 1. The number of benzene rings is 1. The lowest BCUT2D eigenvalue weighted by Crippen LogP contribution is -2.23. The Labute approximate surface area is 141 Å². The Morgan fingerprint density at radius 2 is 1.91 bits per heavy atom. The summed E-state index contributed by atoms with van der Waals surface area (Å²) >= 11 is 1.72. The first-order chi connectivity index (χ1) is 11.0. The smallest absolute Gasteiger partial charge is 0.220 e. The first-order valence-corrected chi connectivity index (χ1v) is 8.44. The van der Waals surface area contributed by atoms with Gasteiger partial charge in [0, 0.05) is 17.8 Å². The van der Waals surface area contributed by atoms with Crippen LogP contribution in [0.15, 0.2) is 23.6 Å². The van der Waals surface area contributed by atoms with Gasteiger partial charge in [-0.15, -0.1) is 11.3 Å². The van der Waals surface area contributed by atoms with E-state index < -0.39 is 0 Å². The van der Waals surface area contributed by atoms with E-state index in [0.29, 0.717) is 30.9 Å². The molecular formula is C18H23NO3S. The Morgan fingerprint density at radius 1 is 1.17 bits per heavy atom. The van der Waals surface area contributed by atoms with E-state index in [1.54, 1.807) is 25.6 Å². The van der Waals surface area contributed by atoms with Crippen LogP contribution in [0.3, 0.4) is 0 Å². The Hall–Kier alpha value is -2.01. The number of hydrogen-bond acceptors (Lipinski definition) is 4. The molecule has 0 saturated heterocycles.